The molecule has 1 aromatic carbocycles. The molecule has 1 rings (SSSR count). The van der Waals surface area contributed by atoms with Gasteiger partial charge in [-0.3, -0.25) is 4.90 Å². The van der Waals surface area contributed by atoms with E-state index in [2.05, 4.69) is 56.0 Å². The van der Waals surface area contributed by atoms with Crippen LogP contribution in [0.3, 0.4) is 0 Å². The van der Waals surface area contributed by atoms with Crippen LogP contribution in [0.2, 0.25) is 0 Å². The molecule has 0 bridgehead atoms. The Hall–Kier alpha value is -0.530. The number of hydrogen-bond donors (Lipinski definition) is 0. The highest BCUT2D eigenvalue weighted by Gasteiger charge is 2.16. The van der Waals surface area contributed by atoms with Crippen molar-refractivity contribution in [3.05, 3.63) is 35.9 Å². The van der Waals surface area contributed by atoms with Crippen LogP contribution in [0.4, 0.5) is 0 Å². The molecule has 1 aromatic rings. The topological polar surface area (TPSA) is 3.24 Å². The third-order valence-electron chi connectivity index (χ3n) is 6.02. The molecule has 0 saturated heterocycles. The Balaban J connectivity index is 0.00000729. The predicted octanol–water partition coefficient (Wildman–Crippen LogP) is 8.97. The fraction of sp³-hybridized carbons (Fsp3) is 0.769. The summed E-state index contributed by atoms with van der Waals surface area (Å²) >= 11 is 0. The van der Waals surface area contributed by atoms with Crippen molar-refractivity contribution in [2.24, 2.45) is 0 Å². The number of benzene rings is 1. The summed E-state index contributed by atoms with van der Waals surface area (Å²) < 4.78 is 0. The Morgan fingerprint density at radius 2 is 1.04 bits per heavy atom. The Morgan fingerprint density at radius 3 is 1.46 bits per heavy atom. The van der Waals surface area contributed by atoms with Crippen molar-refractivity contribution >= 4 is 12.4 Å². The van der Waals surface area contributed by atoms with E-state index in [1.165, 1.54) is 95.5 Å². The molecule has 0 aliphatic heterocycles. The summed E-state index contributed by atoms with van der Waals surface area (Å²) in [7, 11) is 0. The van der Waals surface area contributed by atoms with Crippen molar-refractivity contribution in [1.82, 2.24) is 4.90 Å². The van der Waals surface area contributed by atoms with Crippen molar-refractivity contribution in [1.29, 1.82) is 0 Å². The van der Waals surface area contributed by atoms with Gasteiger partial charge in [0.05, 0.1) is 0 Å². The lowest BCUT2D eigenvalue weighted by molar-refractivity contribution is 0.204. The normalized spacial score (nSPS) is 12.1. The monoisotopic (exact) mass is 409 g/mol. The second-order valence-corrected chi connectivity index (χ2v) is 8.18. The molecule has 0 aliphatic carbocycles. The van der Waals surface area contributed by atoms with Crippen LogP contribution in [0.1, 0.15) is 122 Å². The van der Waals surface area contributed by atoms with E-state index in [0.29, 0.717) is 6.04 Å². The number of unbranched alkanes of at least 4 members (excludes halogenated alkanes) is 12. The average molecular weight is 410 g/mol. The van der Waals surface area contributed by atoms with Crippen molar-refractivity contribution in [2.45, 2.75) is 117 Å². The molecule has 164 valence electrons. The van der Waals surface area contributed by atoms with Crippen LogP contribution < -0.4 is 0 Å². The van der Waals surface area contributed by atoms with Gasteiger partial charge in [-0.15, -0.1) is 12.4 Å². The van der Waals surface area contributed by atoms with Gasteiger partial charge < -0.3 is 0 Å². The molecule has 2 heteroatoms. The highest BCUT2D eigenvalue weighted by molar-refractivity contribution is 5.85. The van der Waals surface area contributed by atoms with Crippen LogP contribution in [0.15, 0.2) is 30.3 Å². The maximum absolute atomic E-state index is 2.62. The van der Waals surface area contributed by atoms with Gasteiger partial charge in [0.2, 0.25) is 0 Å². The summed E-state index contributed by atoms with van der Waals surface area (Å²) in [6.07, 6.45) is 20.0. The molecule has 0 heterocycles. The molecule has 0 saturated carbocycles. The summed E-state index contributed by atoms with van der Waals surface area (Å²) in [5, 5.41) is 0. The molecule has 1 atom stereocenters. The van der Waals surface area contributed by atoms with E-state index >= 15 is 0 Å². The first-order valence-electron chi connectivity index (χ1n) is 12.1. The zero-order valence-corrected chi connectivity index (χ0v) is 19.9. The SMILES string of the molecule is CCCCCCCCCCCCCCCC(c1ccccc1)N(CC)CC.Cl. The third kappa shape index (κ3) is 12.8. The lowest BCUT2D eigenvalue weighted by atomic mass is 9.98. The molecular weight excluding hydrogens is 362 g/mol. The molecule has 0 fully saturated rings. The fourth-order valence-corrected chi connectivity index (χ4v) is 4.26. The first-order valence-corrected chi connectivity index (χ1v) is 12.1. The molecule has 28 heavy (non-hydrogen) atoms. The maximum Gasteiger partial charge on any atom is 0.0347 e. The van der Waals surface area contributed by atoms with Crippen molar-refractivity contribution in [3.63, 3.8) is 0 Å². The summed E-state index contributed by atoms with van der Waals surface area (Å²) in [6.45, 7) is 9.18. The Morgan fingerprint density at radius 1 is 0.607 bits per heavy atom. The zero-order chi connectivity index (χ0) is 19.6. The second-order valence-electron chi connectivity index (χ2n) is 8.18. The van der Waals surface area contributed by atoms with Gasteiger partial charge in [-0.25, -0.2) is 0 Å². The van der Waals surface area contributed by atoms with Gasteiger partial charge in [0.1, 0.15) is 0 Å². The lowest BCUT2D eigenvalue weighted by Gasteiger charge is -2.30. The Labute approximate surface area is 183 Å². The summed E-state index contributed by atoms with van der Waals surface area (Å²) in [4.78, 5) is 2.62. The quantitative estimate of drug-likeness (QED) is 0.218. The highest BCUT2D eigenvalue weighted by Crippen LogP contribution is 2.26. The van der Waals surface area contributed by atoms with E-state index < -0.39 is 0 Å². The molecular formula is C26H48ClN. The summed E-state index contributed by atoms with van der Waals surface area (Å²) in [5.41, 5.74) is 1.50. The number of halogens is 1. The fourth-order valence-electron chi connectivity index (χ4n) is 4.26. The van der Waals surface area contributed by atoms with Crippen LogP contribution in [-0.4, -0.2) is 18.0 Å². The second kappa shape index (κ2) is 19.8. The third-order valence-corrected chi connectivity index (χ3v) is 6.02. The minimum Gasteiger partial charge on any atom is -0.297 e. The molecule has 1 unspecified atom stereocenters. The molecule has 1 nitrogen and oxygen atoms in total. The Bertz CT molecular complexity index is 416. The van der Waals surface area contributed by atoms with Gasteiger partial charge in [-0.05, 0) is 25.1 Å². The average Bonchev–Trinajstić information content (AvgIpc) is 2.71. The van der Waals surface area contributed by atoms with Crippen LogP contribution in [0, 0.1) is 0 Å². The smallest absolute Gasteiger partial charge is 0.0347 e. The van der Waals surface area contributed by atoms with Gasteiger partial charge in [0, 0.05) is 6.04 Å². The van der Waals surface area contributed by atoms with E-state index in [0.717, 1.165) is 13.1 Å². The first kappa shape index (κ1) is 27.5. The van der Waals surface area contributed by atoms with Crippen LogP contribution in [0.25, 0.3) is 0 Å². The van der Waals surface area contributed by atoms with E-state index in [9.17, 15) is 0 Å². The van der Waals surface area contributed by atoms with E-state index in [1.54, 1.807) is 0 Å². The van der Waals surface area contributed by atoms with Gasteiger partial charge in [-0.1, -0.05) is 135 Å². The molecule has 0 aliphatic rings. The predicted molar refractivity (Wildman–Crippen MR) is 130 cm³/mol. The maximum atomic E-state index is 2.62. The van der Waals surface area contributed by atoms with Crippen LogP contribution >= 0.6 is 12.4 Å². The molecule has 0 N–H and O–H groups in total. The van der Waals surface area contributed by atoms with Gasteiger partial charge >= 0.3 is 0 Å². The number of nitrogens with zero attached hydrogens (tertiary/aromatic N) is 1. The lowest BCUT2D eigenvalue weighted by Crippen LogP contribution is -2.28. The molecule has 0 amide bonds. The van der Waals surface area contributed by atoms with Gasteiger partial charge in [0.25, 0.3) is 0 Å². The summed E-state index contributed by atoms with van der Waals surface area (Å²) in [6, 6.07) is 11.7. The highest BCUT2D eigenvalue weighted by atomic mass is 35.5. The van der Waals surface area contributed by atoms with Crippen molar-refractivity contribution < 1.29 is 0 Å². The minimum atomic E-state index is 0. The molecule has 0 aromatic heterocycles. The van der Waals surface area contributed by atoms with E-state index in [-0.39, 0.29) is 12.4 Å². The zero-order valence-electron chi connectivity index (χ0n) is 19.1. The largest absolute Gasteiger partial charge is 0.297 e. The van der Waals surface area contributed by atoms with Crippen LogP contribution in [0.5, 0.6) is 0 Å². The number of rotatable bonds is 18. The summed E-state index contributed by atoms with van der Waals surface area (Å²) in [5.74, 6) is 0. The Kier molecular flexibility index (Phi) is 19.4. The minimum absolute atomic E-state index is 0. The number of hydrogen-bond acceptors (Lipinski definition) is 1. The van der Waals surface area contributed by atoms with Crippen LogP contribution in [-0.2, 0) is 0 Å². The van der Waals surface area contributed by atoms with Crippen molar-refractivity contribution in [2.75, 3.05) is 13.1 Å². The van der Waals surface area contributed by atoms with E-state index in [1.807, 2.05) is 0 Å². The molecule has 0 radical (unpaired) electrons. The van der Waals surface area contributed by atoms with Gasteiger partial charge in [0.15, 0.2) is 0 Å². The standard InChI is InChI=1S/C26H47N.ClH/c1-4-7-8-9-10-11-12-13-14-15-16-17-21-24-26(27(5-2)6-3)25-22-19-18-20-23-25;/h18-20,22-23,26H,4-17,21,24H2,1-3H3;1H. The van der Waals surface area contributed by atoms with E-state index in [4.69, 9.17) is 0 Å². The first-order chi connectivity index (χ1) is 13.3. The van der Waals surface area contributed by atoms with Gasteiger partial charge in [-0.2, -0.15) is 0 Å². The van der Waals surface area contributed by atoms with Crippen molar-refractivity contribution in [3.8, 4) is 0 Å². The molecule has 0 spiro atoms.